The van der Waals surface area contributed by atoms with Crippen LogP contribution < -0.4 is 4.74 Å². The molecule has 0 atom stereocenters. The highest BCUT2D eigenvalue weighted by Gasteiger charge is 2.16. The summed E-state index contributed by atoms with van der Waals surface area (Å²) in [7, 11) is 3.00. The van der Waals surface area contributed by atoms with E-state index in [9.17, 15) is 4.79 Å². The van der Waals surface area contributed by atoms with Crippen molar-refractivity contribution in [3.05, 3.63) is 60.2 Å². The van der Waals surface area contributed by atoms with Crippen LogP contribution in [0.1, 0.15) is 10.4 Å². The van der Waals surface area contributed by atoms with Crippen LogP contribution >= 0.6 is 0 Å². The number of hydrogen-bond donors (Lipinski definition) is 0. The van der Waals surface area contributed by atoms with Gasteiger partial charge < -0.3 is 4.74 Å². The van der Waals surface area contributed by atoms with Crippen LogP contribution in [0.25, 0.3) is 0 Å². The van der Waals surface area contributed by atoms with Crippen LogP contribution in [0.5, 0.6) is 11.5 Å². The number of hydrogen-bond acceptors (Lipinski definition) is 3. The maximum atomic E-state index is 12.1. The molecular weight excluding hydrogens is 242 g/mol. The smallest absolute Gasteiger partial charge is 0.280 e. The van der Waals surface area contributed by atoms with E-state index in [0.29, 0.717) is 17.1 Å². The summed E-state index contributed by atoms with van der Waals surface area (Å²) in [6.45, 7) is 0. The Bertz CT molecular complexity index is 554. The number of hydroxylamine groups is 2. The molecule has 2 rings (SSSR count). The summed E-state index contributed by atoms with van der Waals surface area (Å²) >= 11 is 0. The lowest BCUT2D eigenvalue weighted by Gasteiger charge is -2.16. The van der Waals surface area contributed by atoms with Crippen LogP contribution in [0.4, 0.5) is 0 Å². The average molecular weight is 257 g/mol. The van der Waals surface area contributed by atoms with Gasteiger partial charge in [0.15, 0.2) is 0 Å². The van der Waals surface area contributed by atoms with Gasteiger partial charge in [-0.25, -0.2) is 5.06 Å². The van der Waals surface area contributed by atoms with Crippen molar-refractivity contribution in [2.75, 3.05) is 14.2 Å². The fourth-order valence-electron chi connectivity index (χ4n) is 1.60. The molecule has 0 fully saturated rings. The average Bonchev–Trinajstić information content (AvgIpc) is 2.47. The fourth-order valence-corrected chi connectivity index (χ4v) is 1.60. The first-order valence-electron chi connectivity index (χ1n) is 5.86. The van der Waals surface area contributed by atoms with Crippen LogP contribution in [0.15, 0.2) is 54.6 Å². The molecular formula is C15H15NO3. The summed E-state index contributed by atoms with van der Waals surface area (Å²) in [5, 5.41) is 1.16. The SMILES string of the molecule is CON(C)C(=O)c1ccccc1Oc1ccccc1. The number of carbonyl (C=O) groups excluding carboxylic acids is 1. The molecule has 4 nitrogen and oxygen atoms in total. The van der Waals surface area contributed by atoms with Gasteiger partial charge in [0.05, 0.1) is 12.7 Å². The third-order valence-electron chi connectivity index (χ3n) is 2.65. The van der Waals surface area contributed by atoms with Crippen molar-refractivity contribution in [2.24, 2.45) is 0 Å². The zero-order chi connectivity index (χ0) is 13.7. The lowest BCUT2D eigenvalue weighted by Crippen LogP contribution is -2.25. The predicted octanol–water partition coefficient (Wildman–Crippen LogP) is 3.11. The van der Waals surface area contributed by atoms with Crippen molar-refractivity contribution in [3.8, 4) is 11.5 Å². The monoisotopic (exact) mass is 257 g/mol. The molecule has 19 heavy (non-hydrogen) atoms. The van der Waals surface area contributed by atoms with Gasteiger partial charge in [-0.2, -0.15) is 0 Å². The van der Waals surface area contributed by atoms with Crippen LogP contribution in [-0.2, 0) is 4.84 Å². The van der Waals surface area contributed by atoms with Crippen molar-refractivity contribution in [1.29, 1.82) is 0 Å². The van der Waals surface area contributed by atoms with Gasteiger partial charge in [-0.15, -0.1) is 0 Å². The molecule has 0 radical (unpaired) electrons. The highest BCUT2D eigenvalue weighted by atomic mass is 16.7. The molecule has 0 heterocycles. The zero-order valence-electron chi connectivity index (χ0n) is 10.9. The molecule has 98 valence electrons. The van der Waals surface area contributed by atoms with Crippen LogP contribution in [-0.4, -0.2) is 25.1 Å². The van der Waals surface area contributed by atoms with Gasteiger partial charge >= 0.3 is 0 Å². The normalized spacial score (nSPS) is 10.0. The summed E-state index contributed by atoms with van der Waals surface area (Å²) in [5.41, 5.74) is 0.454. The molecule has 0 N–H and O–H groups in total. The Balaban J connectivity index is 2.29. The second-order valence-corrected chi connectivity index (χ2v) is 3.90. The quantitative estimate of drug-likeness (QED) is 0.790. The van der Waals surface area contributed by atoms with E-state index in [4.69, 9.17) is 9.57 Å². The Morgan fingerprint density at radius 2 is 1.63 bits per heavy atom. The Labute approximate surface area is 112 Å². The lowest BCUT2D eigenvalue weighted by molar-refractivity contribution is -0.0758. The maximum Gasteiger partial charge on any atom is 0.280 e. The Morgan fingerprint density at radius 3 is 2.32 bits per heavy atom. The maximum absolute atomic E-state index is 12.1. The fraction of sp³-hybridized carbons (Fsp3) is 0.133. The highest BCUT2D eigenvalue weighted by molar-refractivity contribution is 5.96. The number of ether oxygens (including phenoxy) is 1. The summed E-state index contributed by atoms with van der Waals surface area (Å²) in [6.07, 6.45) is 0. The Morgan fingerprint density at radius 1 is 1.00 bits per heavy atom. The van der Waals surface area contributed by atoms with E-state index in [1.165, 1.54) is 7.11 Å². The lowest BCUT2D eigenvalue weighted by atomic mass is 10.2. The summed E-state index contributed by atoms with van der Waals surface area (Å²) in [4.78, 5) is 17.0. The van der Waals surface area contributed by atoms with Gasteiger partial charge in [-0.05, 0) is 24.3 Å². The second kappa shape index (κ2) is 6.02. The second-order valence-electron chi connectivity index (χ2n) is 3.90. The Hall–Kier alpha value is -2.33. The molecule has 1 amide bonds. The number of rotatable bonds is 4. The molecule has 0 aliphatic rings. The largest absolute Gasteiger partial charge is 0.457 e. The van der Waals surface area contributed by atoms with Gasteiger partial charge in [-0.3, -0.25) is 9.63 Å². The minimum atomic E-state index is -0.256. The van der Waals surface area contributed by atoms with Crippen molar-refractivity contribution in [3.63, 3.8) is 0 Å². The van der Waals surface area contributed by atoms with E-state index in [1.54, 1.807) is 25.2 Å². The molecule has 4 heteroatoms. The van der Waals surface area contributed by atoms with Gasteiger partial charge in [0.25, 0.3) is 5.91 Å². The van der Waals surface area contributed by atoms with Crippen LogP contribution in [0, 0.1) is 0 Å². The zero-order valence-corrected chi connectivity index (χ0v) is 10.9. The minimum absolute atomic E-state index is 0.256. The van der Waals surface area contributed by atoms with Crippen molar-refractivity contribution >= 4 is 5.91 Å². The number of para-hydroxylation sites is 2. The molecule has 0 saturated heterocycles. The molecule has 0 spiro atoms. The molecule has 2 aromatic carbocycles. The first kappa shape index (κ1) is 13.1. The summed E-state index contributed by atoms with van der Waals surface area (Å²) in [6, 6.07) is 16.4. The third-order valence-corrected chi connectivity index (χ3v) is 2.65. The van der Waals surface area contributed by atoms with Crippen molar-refractivity contribution in [2.45, 2.75) is 0 Å². The van der Waals surface area contributed by atoms with Gasteiger partial charge in [-0.1, -0.05) is 30.3 Å². The first-order valence-corrected chi connectivity index (χ1v) is 5.86. The molecule has 0 bridgehead atoms. The van der Waals surface area contributed by atoms with E-state index < -0.39 is 0 Å². The Kier molecular flexibility index (Phi) is 4.15. The number of benzene rings is 2. The molecule has 0 aromatic heterocycles. The van der Waals surface area contributed by atoms with Crippen molar-refractivity contribution in [1.82, 2.24) is 5.06 Å². The van der Waals surface area contributed by atoms with Gasteiger partial charge in [0.1, 0.15) is 11.5 Å². The molecule has 0 aliphatic carbocycles. The van der Waals surface area contributed by atoms with Crippen molar-refractivity contribution < 1.29 is 14.4 Å². The topological polar surface area (TPSA) is 38.8 Å². The number of nitrogens with zero attached hydrogens (tertiary/aromatic N) is 1. The van der Waals surface area contributed by atoms with Gasteiger partial charge in [0.2, 0.25) is 0 Å². The van der Waals surface area contributed by atoms with Gasteiger partial charge in [0, 0.05) is 7.05 Å². The molecule has 0 unspecified atom stereocenters. The standard InChI is InChI=1S/C15H15NO3/c1-16(18-2)15(17)13-10-6-7-11-14(13)19-12-8-4-3-5-9-12/h3-11H,1-2H3. The number of amides is 1. The third kappa shape index (κ3) is 3.11. The van der Waals surface area contributed by atoms with E-state index in [2.05, 4.69) is 0 Å². The molecule has 0 aliphatic heterocycles. The highest BCUT2D eigenvalue weighted by Crippen LogP contribution is 2.25. The first-order chi connectivity index (χ1) is 9.22. The minimum Gasteiger partial charge on any atom is -0.457 e. The van der Waals surface area contributed by atoms with E-state index in [0.717, 1.165) is 5.06 Å². The van der Waals surface area contributed by atoms with E-state index in [1.807, 2.05) is 36.4 Å². The number of carbonyl (C=O) groups is 1. The summed E-state index contributed by atoms with van der Waals surface area (Å²) in [5.74, 6) is 0.930. The molecule has 0 saturated carbocycles. The van der Waals surface area contributed by atoms with Crippen LogP contribution in [0.2, 0.25) is 0 Å². The van der Waals surface area contributed by atoms with E-state index in [-0.39, 0.29) is 5.91 Å². The molecule has 2 aromatic rings. The van der Waals surface area contributed by atoms with Crippen LogP contribution in [0.3, 0.4) is 0 Å². The summed E-state index contributed by atoms with van der Waals surface area (Å²) < 4.78 is 5.72. The van der Waals surface area contributed by atoms with E-state index >= 15 is 0 Å². The predicted molar refractivity (Wildman–Crippen MR) is 72.1 cm³/mol.